The van der Waals surface area contributed by atoms with Crippen LogP contribution >= 0.6 is 0 Å². The maximum Gasteiger partial charge on any atom is 0.224 e. The summed E-state index contributed by atoms with van der Waals surface area (Å²) < 4.78 is 14.0. The highest BCUT2D eigenvalue weighted by molar-refractivity contribution is 5.99. The zero-order valence-electron chi connectivity index (χ0n) is 9.61. The van der Waals surface area contributed by atoms with Crippen molar-refractivity contribution in [3.8, 4) is 11.1 Å². The van der Waals surface area contributed by atoms with Gasteiger partial charge in [0.05, 0.1) is 5.69 Å². The molecule has 1 aliphatic rings. The van der Waals surface area contributed by atoms with E-state index in [1.54, 1.807) is 30.6 Å². The lowest BCUT2D eigenvalue weighted by Crippen LogP contribution is -2.20. The zero-order chi connectivity index (χ0) is 12.5. The number of halogens is 1. The minimum Gasteiger partial charge on any atom is -0.325 e. The average molecular weight is 242 g/mol. The number of pyridine rings is 1. The van der Waals surface area contributed by atoms with Crippen molar-refractivity contribution in [3.05, 3.63) is 48.0 Å². The summed E-state index contributed by atoms with van der Waals surface area (Å²) in [7, 11) is 0. The predicted molar refractivity (Wildman–Crippen MR) is 66.6 cm³/mol. The van der Waals surface area contributed by atoms with Crippen LogP contribution in [0.1, 0.15) is 12.0 Å². The van der Waals surface area contributed by atoms with Crippen LogP contribution in [0, 0.1) is 5.82 Å². The Kier molecular flexibility index (Phi) is 2.55. The van der Waals surface area contributed by atoms with Gasteiger partial charge in [0.25, 0.3) is 0 Å². The van der Waals surface area contributed by atoms with Gasteiger partial charge in [0, 0.05) is 29.9 Å². The number of nitrogens with one attached hydrogen (secondary N) is 1. The van der Waals surface area contributed by atoms with Crippen LogP contribution in [-0.4, -0.2) is 10.9 Å². The summed E-state index contributed by atoms with van der Waals surface area (Å²) in [5, 5.41) is 2.76. The maximum atomic E-state index is 14.0. The molecule has 0 spiro atoms. The Morgan fingerprint density at radius 3 is 2.89 bits per heavy atom. The molecule has 3 rings (SSSR count). The van der Waals surface area contributed by atoms with E-state index in [0.29, 0.717) is 29.7 Å². The van der Waals surface area contributed by atoms with Crippen molar-refractivity contribution in [1.82, 2.24) is 4.98 Å². The molecule has 0 radical (unpaired) electrons. The minimum atomic E-state index is -0.344. The largest absolute Gasteiger partial charge is 0.325 e. The molecule has 0 atom stereocenters. The summed E-state index contributed by atoms with van der Waals surface area (Å²) in [4.78, 5) is 15.5. The van der Waals surface area contributed by atoms with E-state index in [-0.39, 0.29) is 11.7 Å². The molecule has 0 saturated carbocycles. The average Bonchev–Trinajstić information content (AvgIpc) is 2.39. The second-order valence-electron chi connectivity index (χ2n) is 4.25. The Labute approximate surface area is 104 Å². The summed E-state index contributed by atoms with van der Waals surface area (Å²) >= 11 is 0. The number of rotatable bonds is 1. The van der Waals surface area contributed by atoms with Crippen molar-refractivity contribution in [2.75, 3.05) is 5.32 Å². The second-order valence-corrected chi connectivity index (χ2v) is 4.25. The Morgan fingerprint density at radius 1 is 1.22 bits per heavy atom. The molecule has 0 unspecified atom stereocenters. The van der Waals surface area contributed by atoms with Crippen molar-refractivity contribution in [1.29, 1.82) is 0 Å². The van der Waals surface area contributed by atoms with Gasteiger partial charge in [-0.25, -0.2) is 4.39 Å². The van der Waals surface area contributed by atoms with Gasteiger partial charge in [0.2, 0.25) is 5.91 Å². The third kappa shape index (κ3) is 1.76. The van der Waals surface area contributed by atoms with E-state index in [0.717, 1.165) is 5.56 Å². The zero-order valence-corrected chi connectivity index (χ0v) is 9.61. The van der Waals surface area contributed by atoms with Gasteiger partial charge in [-0.05, 0) is 24.1 Å². The number of hydrogen-bond acceptors (Lipinski definition) is 2. The van der Waals surface area contributed by atoms with Crippen LogP contribution in [0.15, 0.2) is 36.7 Å². The fourth-order valence-corrected chi connectivity index (χ4v) is 2.21. The molecule has 3 nitrogen and oxygen atoms in total. The van der Waals surface area contributed by atoms with Crippen molar-refractivity contribution in [2.24, 2.45) is 0 Å². The van der Waals surface area contributed by atoms with Gasteiger partial charge in [0.1, 0.15) is 5.82 Å². The topological polar surface area (TPSA) is 42.0 Å². The van der Waals surface area contributed by atoms with Gasteiger partial charge in [-0.3, -0.25) is 9.78 Å². The van der Waals surface area contributed by atoms with E-state index in [9.17, 15) is 9.18 Å². The van der Waals surface area contributed by atoms with Crippen LogP contribution < -0.4 is 5.32 Å². The van der Waals surface area contributed by atoms with Crippen molar-refractivity contribution >= 4 is 11.6 Å². The van der Waals surface area contributed by atoms with Gasteiger partial charge in [-0.2, -0.15) is 0 Å². The van der Waals surface area contributed by atoms with E-state index in [1.165, 1.54) is 6.07 Å². The van der Waals surface area contributed by atoms with E-state index >= 15 is 0 Å². The standard InChI is InChI=1S/C14H11FN2O/c15-11-5-3-9-4-6-12(18)17-14(9)13(11)10-2-1-7-16-8-10/h1-3,5,7-8H,4,6H2,(H,17,18). The first-order chi connectivity index (χ1) is 8.75. The van der Waals surface area contributed by atoms with Crippen molar-refractivity contribution in [2.45, 2.75) is 12.8 Å². The molecular formula is C14H11FN2O. The highest BCUT2D eigenvalue weighted by Crippen LogP contribution is 2.35. The van der Waals surface area contributed by atoms with E-state index < -0.39 is 0 Å². The minimum absolute atomic E-state index is 0.0711. The number of aromatic nitrogens is 1. The first-order valence-electron chi connectivity index (χ1n) is 5.77. The third-order valence-corrected chi connectivity index (χ3v) is 3.08. The lowest BCUT2D eigenvalue weighted by molar-refractivity contribution is -0.116. The fourth-order valence-electron chi connectivity index (χ4n) is 2.21. The molecule has 2 aromatic rings. The highest BCUT2D eigenvalue weighted by atomic mass is 19.1. The summed E-state index contributed by atoms with van der Waals surface area (Å²) in [6, 6.07) is 6.70. The van der Waals surface area contributed by atoms with Crippen LogP contribution in [-0.2, 0) is 11.2 Å². The van der Waals surface area contributed by atoms with Gasteiger partial charge in [-0.15, -0.1) is 0 Å². The van der Waals surface area contributed by atoms with E-state index in [2.05, 4.69) is 10.3 Å². The molecule has 0 bridgehead atoms. The van der Waals surface area contributed by atoms with Gasteiger partial charge >= 0.3 is 0 Å². The van der Waals surface area contributed by atoms with Crippen molar-refractivity contribution < 1.29 is 9.18 Å². The number of hydrogen-bond donors (Lipinski definition) is 1. The number of fused-ring (bicyclic) bond motifs is 1. The van der Waals surface area contributed by atoms with Crippen LogP contribution in [0.3, 0.4) is 0 Å². The summed E-state index contributed by atoms with van der Waals surface area (Å²) in [5.41, 5.74) is 2.65. The maximum absolute atomic E-state index is 14.0. The molecule has 18 heavy (non-hydrogen) atoms. The molecular weight excluding hydrogens is 231 g/mol. The smallest absolute Gasteiger partial charge is 0.224 e. The number of aryl methyl sites for hydroxylation is 1. The molecule has 0 aliphatic carbocycles. The summed E-state index contributed by atoms with van der Waals surface area (Å²) in [5.74, 6) is -0.415. The first-order valence-corrected chi connectivity index (χ1v) is 5.77. The SMILES string of the molecule is O=C1CCc2ccc(F)c(-c3cccnc3)c2N1. The third-order valence-electron chi connectivity index (χ3n) is 3.08. The summed E-state index contributed by atoms with van der Waals surface area (Å²) in [6.45, 7) is 0. The molecule has 1 aliphatic heterocycles. The molecule has 90 valence electrons. The van der Waals surface area contributed by atoms with E-state index in [1.807, 2.05) is 0 Å². The second kappa shape index (κ2) is 4.22. The first kappa shape index (κ1) is 10.9. The molecule has 1 aromatic heterocycles. The van der Waals surface area contributed by atoms with Gasteiger partial charge in [-0.1, -0.05) is 12.1 Å². The number of carbonyl (C=O) groups excluding carboxylic acids is 1. The monoisotopic (exact) mass is 242 g/mol. The molecule has 1 amide bonds. The molecule has 0 saturated heterocycles. The molecule has 0 fully saturated rings. The number of anilines is 1. The number of amides is 1. The molecule has 2 heterocycles. The number of benzene rings is 1. The summed E-state index contributed by atoms with van der Waals surface area (Å²) in [6.07, 6.45) is 4.33. The van der Waals surface area contributed by atoms with Crippen molar-refractivity contribution in [3.63, 3.8) is 0 Å². The Hall–Kier alpha value is -2.23. The Balaban J connectivity index is 2.22. The predicted octanol–water partition coefficient (Wildman–Crippen LogP) is 2.77. The Morgan fingerprint density at radius 2 is 2.11 bits per heavy atom. The van der Waals surface area contributed by atoms with Crippen LogP contribution in [0.25, 0.3) is 11.1 Å². The van der Waals surface area contributed by atoms with E-state index in [4.69, 9.17) is 0 Å². The lowest BCUT2D eigenvalue weighted by atomic mass is 9.95. The molecule has 4 heteroatoms. The quantitative estimate of drug-likeness (QED) is 0.835. The number of carbonyl (C=O) groups is 1. The van der Waals surface area contributed by atoms with Crippen LogP contribution in [0.2, 0.25) is 0 Å². The number of nitrogens with zero attached hydrogens (tertiary/aromatic N) is 1. The normalized spacial score (nSPS) is 13.9. The molecule has 1 N–H and O–H groups in total. The fraction of sp³-hybridized carbons (Fsp3) is 0.143. The van der Waals surface area contributed by atoms with Gasteiger partial charge < -0.3 is 5.32 Å². The van der Waals surface area contributed by atoms with Crippen LogP contribution in [0.4, 0.5) is 10.1 Å². The molecule has 1 aromatic carbocycles. The van der Waals surface area contributed by atoms with Crippen LogP contribution in [0.5, 0.6) is 0 Å². The van der Waals surface area contributed by atoms with Gasteiger partial charge in [0.15, 0.2) is 0 Å². The Bertz CT molecular complexity index is 611. The lowest BCUT2D eigenvalue weighted by Gasteiger charge is -2.20. The highest BCUT2D eigenvalue weighted by Gasteiger charge is 2.21.